The molecule has 1 atom stereocenters. The summed E-state index contributed by atoms with van der Waals surface area (Å²) in [5, 5.41) is 0. The third kappa shape index (κ3) is 2.29. The SMILES string of the molecule is CCc1cccc(C(NN)c2cncs2)c1. The fourth-order valence-corrected chi connectivity index (χ4v) is 2.41. The monoisotopic (exact) mass is 233 g/mol. The molecule has 16 heavy (non-hydrogen) atoms. The topological polar surface area (TPSA) is 50.9 Å². The van der Waals surface area contributed by atoms with Crippen LogP contribution >= 0.6 is 11.3 Å². The van der Waals surface area contributed by atoms with Gasteiger partial charge in [-0.15, -0.1) is 11.3 Å². The fraction of sp³-hybridized carbons (Fsp3) is 0.250. The normalized spacial score (nSPS) is 12.6. The lowest BCUT2D eigenvalue weighted by Crippen LogP contribution is -2.28. The van der Waals surface area contributed by atoms with Crippen LogP contribution < -0.4 is 11.3 Å². The summed E-state index contributed by atoms with van der Waals surface area (Å²) < 4.78 is 0. The highest BCUT2D eigenvalue weighted by molar-refractivity contribution is 7.09. The summed E-state index contributed by atoms with van der Waals surface area (Å²) in [6.45, 7) is 2.15. The van der Waals surface area contributed by atoms with Crippen molar-refractivity contribution in [3.63, 3.8) is 0 Å². The van der Waals surface area contributed by atoms with Crippen LogP contribution in [0.3, 0.4) is 0 Å². The molecule has 1 aromatic carbocycles. The number of nitrogens with zero attached hydrogens (tertiary/aromatic N) is 1. The van der Waals surface area contributed by atoms with Crippen molar-refractivity contribution in [2.75, 3.05) is 0 Å². The molecule has 2 aromatic rings. The number of benzene rings is 1. The van der Waals surface area contributed by atoms with E-state index in [1.807, 2.05) is 11.7 Å². The molecule has 0 bridgehead atoms. The highest BCUT2D eigenvalue weighted by Crippen LogP contribution is 2.24. The molecule has 0 fully saturated rings. The molecule has 0 saturated heterocycles. The summed E-state index contributed by atoms with van der Waals surface area (Å²) in [5.74, 6) is 5.62. The van der Waals surface area contributed by atoms with Crippen molar-refractivity contribution in [3.8, 4) is 0 Å². The molecule has 0 aliphatic carbocycles. The van der Waals surface area contributed by atoms with Gasteiger partial charge in [-0.2, -0.15) is 0 Å². The maximum absolute atomic E-state index is 5.62. The highest BCUT2D eigenvalue weighted by Gasteiger charge is 2.13. The van der Waals surface area contributed by atoms with E-state index >= 15 is 0 Å². The maximum Gasteiger partial charge on any atom is 0.0818 e. The molecule has 0 aliphatic rings. The van der Waals surface area contributed by atoms with Crippen LogP contribution in [0.1, 0.15) is 29.0 Å². The summed E-state index contributed by atoms with van der Waals surface area (Å²) in [5.41, 5.74) is 7.17. The van der Waals surface area contributed by atoms with Gasteiger partial charge in [-0.05, 0) is 17.5 Å². The van der Waals surface area contributed by atoms with E-state index in [2.05, 4.69) is 41.6 Å². The van der Waals surface area contributed by atoms with Gasteiger partial charge in [-0.25, -0.2) is 5.43 Å². The van der Waals surface area contributed by atoms with Gasteiger partial charge in [0, 0.05) is 11.1 Å². The smallest absolute Gasteiger partial charge is 0.0818 e. The van der Waals surface area contributed by atoms with Crippen molar-refractivity contribution in [2.45, 2.75) is 19.4 Å². The lowest BCUT2D eigenvalue weighted by atomic mass is 10.0. The molecular formula is C12H15N3S. The molecule has 1 unspecified atom stereocenters. The zero-order valence-electron chi connectivity index (χ0n) is 9.18. The predicted molar refractivity (Wildman–Crippen MR) is 67.1 cm³/mol. The Balaban J connectivity index is 2.33. The van der Waals surface area contributed by atoms with E-state index in [1.165, 1.54) is 11.1 Å². The second-order valence-electron chi connectivity index (χ2n) is 3.60. The van der Waals surface area contributed by atoms with E-state index in [1.54, 1.807) is 11.3 Å². The maximum atomic E-state index is 5.62. The first-order valence-electron chi connectivity index (χ1n) is 5.28. The van der Waals surface area contributed by atoms with E-state index in [-0.39, 0.29) is 6.04 Å². The fourth-order valence-electron chi connectivity index (χ4n) is 1.70. The Morgan fingerprint density at radius 2 is 2.38 bits per heavy atom. The number of aryl methyl sites for hydroxylation is 1. The summed E-state index contributed by atoms with van der Waals surface area (Å²) >= 11 is 1.61. The van der Waals surface area contributed by atoms with Crippen molar-refractivity contribution in [1.29, 1.82) is 0 Å². The number of aromatic nitrogens is 1. The van der Waals surface area contributed by atoms with E-state index < -0.39 is 0 Å². The van der Waals surface area contributed by atoms with Crippen LogP contribution in [0.2, 0.25) is 0 Å². The molecule has 0 spiro atoms. The van der Waals surface area contributed by atoms with Gasteiger partial charge in [0.15, 0.2) is 0 Å². The van der Waals surface area contributed by atoms with E-state index in [0.29, 0.717) is 0 Å². The molecule has 0 saturated carbocycles. The third-order valence-corrected chi connectivity index (χ3v) is 3.44. The first kappa shape index (κ1) is 11.3. The molecule has 2 rings (SSSR count). The number of thiazole rings is 1. The average Bonchev–Trinajstić information content (AvgIpc) is 2.84. The largest absolute Gasteiger partial charge is 0.271 e. The molecule has 1 heterocycles. The predicted octanol–water partition coefficient (Wildman–Crippen LogP) is 2.26. The van der Waals surface area contributed by atoms with Gasteiger partial charge in [-0.3, -0.25) is 10.8 Å². The van der Waals surface area contributed by atoms with E-state index in [0.717, 1.165) is 11.3 Å². The average molecular weight is 233 g/mol. The Morgan fingerprint density at radius 1 is 1.50 bits per heavy atom. The minimum atomic E-state index is 0.0407. The van der Waals surface area contributed by atoms with Gasteiger partial charge in [0.05, 0.1) is 11.6 Å². The van der Waals surface area contributed by atoms with Crippen molar-refractivity contribution >= 4 is 11.3 Å². The van der Waals surface area contributed by atoms with Crippen LogP contribution in [0.4, 0.5) is 0 Å². The standard InChI is InChI=1S/C12H15N3S/c1-2-9-4-3-5-10(6-9)12(15-13)11-7-14-8-16-11/h3-8,12,15H,2,13H2,1H3. The third-order valence-electron chi connectivity index (χ3n) is 2.60. The Hall–Kier alpha value is -1.23. The molecule has 0 aliphatic heterocycles. The number of hydrazine groups is 1. The molecule has 0 amide bonds. The molecule has 3 nitrogen and oxygen atoms in total. The van der Waals surface area contributed by atoms with Crippen molar-refractivity contribution in [3.05, 3.63) is 52.0 Å². The second kappa shape index (κ2) is 5.21. The first-order valence-corrected chi connectivity index (χ1v) is 6.16. The lowest BCUT2D eigenvalue weighted by Gasteiger charge is -2.14. The van der Waals surface area contributed by atoms with Gasteiger partial charge in [0.25, 0.3) is 0 Å². The van der Waals surface area contributed by atoms with Crippen LogP contribution in [0.25, 0.3) is 0 Å². The van der Waals surface area contributed by atoms with Gasteiger partial charge in [0.2, 0.25) is 0 Å². The van der Waals surface area contributed by atoms with Gasteiger partial charge >= 0.3 is 0 Å². The quantitative estimate of drug-likeness (QED) is 0.629. The van der Waals surface area contributed by atoms with Crippen molar-refractivity contribution < 1.29 is 0 Å². The number of nitrogens with two attached hydrogens (primary N) is 1. The minimum absolute atomic E-state index is 0.0407. The van der Waals surface area contributed by atoms with Crippen molar-refractivity contribution in [2.24, 2.45) is 5.84 Å². The Bertz CT molecular complexity index is 439. The molecule has 1 aromatic heterocycles. The van der Waals surface area contributed by atoms with Crippen LogP contribution in [-0.4, -0.2) is 4.98 Å². The summed E-state index contributed by atoms with van der Waals surface area (Å²) in [6, 6.07) is 8.51. The number of rotatable bonds is 4. The zero-order valence-corrected chi connectivity index (χ0v) is 10.00. The Labute approximate surface area is 99.3 Å². The van der Waals surface area contributed by atoms with Crippen LogP contribution in [-0.2, 0) is 6.42 Å². The summed E-state index contributed by atoms with van der Waals surface area (Å²) in [4.78, 5) is 5.22. The van der Waals surface area contributed by atoms with Crippen molar-refractivity contribution in [1.82, 2.24) is 10.4 Å². The lowest BCUT2D eigenvalue weighted by molar-refractivity contribution is 0.644. The number of hydrogen-bond acceptors (Lipinski definition) is 4. The number of nitrogens with one attached hydrogen (secondary N) is 1. The Morgan fingerprint density at radius 3 is 3.00 bits per heavy atom. The summed E-state index contributed by atoms with van der Waals surface area (Å²) in [6.07, 6.45) is 2.89. The Kier molecular flexibility index (Phi) is 3.66. The van der Waals surface area contributed by atoms with Crippen LogP contribution in [0.5, 0.6) is 0 Å². The first-order chi connectivity index (χ1) is 7.85. The molecule has 3 N–H and O–H groups in total. The van der Waals surface area contributed by atoms with Gasteiger partial charge in [0.1, 0.15) is 0 Å². The molecule has 0 radical (unpaired) electrons. The number of hydrogen-bond donors (Lipinski definition) is 2. The zero-order chi connectivity index (χ0) is 11.4. The highest BCUT2D eigenvalue weighted by atomic mass is 32.1. The van der Waals surface area contributed by atoms with E-state index in [4.69, 9.17) is 5.84 Å². The minimum Gasteiger partial charge on any atom is -0.271 e. The summed E-state index contributed by atoms with van der Waals surface area (Å²) in [7, 11) is 0. The molecule has 84 valence electrons. The van der Waals surface area contributed by atoms with Gasteiger partial charge < -0.3 is 0 Å². The van der Waals surface area contributed by atoms with Gasteiger partial charge in [-0.1, -0.05) is 31.2 Å². The molecular weight excluding hydrogens is 218 g/mol. The van der Waals surface area contributed by atoms with Crippen LogP contribution in [0, 0.1) is 0 Å². The molecule has 4 heteroatoms. The second-order valence-corrected chi connectivity index (χ2v) is 4.52. The van der Waals surface area contributed by atoms with Crippen LogP contribution in [0.15, 0.2) is 36.0 Å². The van der Waals surface area contributed by atoms with E-state index in [9.17, 15) is 0 Å².